The molecule has 2 saturated heterocycles. The molecule has 14 heteroatoms. The normalized spacial score (nSPS) is 20.4. The van der Waals surface area contributed by atoms with Gasteiger partial charge in [0, 0.05) is 20.1 Å². The minimum Gasteiger partial charge on any atom is -0.453 e. The van der Waals surface area contributed by atoms with Crippen LogP contribution in [0.15, 0.2) is 60.7 Å². The number of methoxy groups -OCH3 is 2. The lowest BCUT2D eigenvalue weighted by atomic mass is 10.00. The number of nitrogens with zero attached hydrogens (tertiary/aromatic N) is 5. The number of carbonyl (C=O) groups is 4. The summed E-state index contributed by atoms with van der Waals surface area (Å²) in [5.41, 5.74) is 7.58. The van der Waals surface area contributed by atoms with E-state index in [0.717, 1.165) is 68.8 Å². The maximum atomic E-state index is 14.0. The molecule has 0 unspecified atom stereocenters. The van der Waals surface area contributed by atoms with Gasteiger partial charge in [0.2, 0.25) is 11.8 Å². The van der Waals surface area contributed by atoms with Gasteiger partial charge in [0.15, 0.2) is 0 Å². The fourth-order valence-electron chi connectivity index (χ4n) is 8.89. The summed E-state index contributed by atoms with van der Waals surface area (Å²) in [6, 6.07) is 18.9. The third-order valence-electron chi connectivity index (χ3n) is 11.9. The van der Waals surface area contributed by atoms with Crippen LogP contribution in [0.2, 0.25) is 0 Å². The number of benzene rings is 3. The summed E-state index contributed by atoms with van der Waals surface area (Å²) in [4.78, 5) is 74.3. The van der Waals surface area contributed by atoms with E-state index in [9.17, 15) is 19.2 Å². The van der Waals surface area contributed by atoms with Crippen molar-refractivity contribution in [1.29, 1.82) is 0 Å². The fourth-order valence-corrected chi connectivity index (χ4v) is 8.89. The molecule has 59 heavy (non-hydrogen) atoms. The van der Waals surface area contributed by atoms with Gasteiger partial charge in [-0.1, -0.05) is 77.9 Å². The number of amides is 4. The van der Waals surface area contributed by atoms with Crippen molar-refractivity contribution in [3.8, 4) is 22.3 Å². The number of ether oxygens (including phenoxy) is 2. The predicted octanol–water partition coefficient (Wildman–Crippen LogP) is 7.70. The third kappa shape index (κ3) is 8.22. The van der Waals surface area contributed by atoms with Crippen LogP contribution in [-0.4, -0.2) is 105 Å². The second-order valence-electron chi connectivity index (χ2n) is 17.1. The third-order valence-corrected chi connectivity index (χ3v) is 11.9. The summed E-state index contributed by atoms with van der Waals surface area (Å²) in [7, 11) is 4.23. The van der Waals surface area contributed by atoms with E-state index in [2.05, 4.69) is 77.7 Å². The first kappa shape index (κ1) is 41.2. The van der Waals surface area contributed by atoms with Crippen molar-refractivity contribution in [2.24, 2.45) is 23.7 Å². The molecule has 4 amide bonds. The number of carbonyl (C=O) groups excluding carboxylic acids is 4. The molecule has 6 atom stereocenters. The summed E-state index contributed by atoms with van der Waals surface area (Å²) < 4.78 is 9.74. The second-order valence-corrected chi connectivity index (χ2v) is 17.1. The Morgan fingerprint density at radius 3 is 1.58 bits per heavy atom. The Labute approximate surface area is 345 Å². The SMILES string of the molecule is COC(=O)N[C@H](C(=O)N1C[C@@H](C)C[C@H]1c1nc2ccc(-c3ccc(-c4ccc5nc([C@@H]6C[C@H](C)CN6C(=O)[C@H](C(C)C)N(C)C(=O)OC)[nH]c5c4)cc3)cc2[nH]1)C(C)C. The molecule has 3 N–H and O–H groups in total. The molecular weight excluding hydrogens is 749 g/mol. The van der Waals surface area contributed by atoms with Gasteiger partial charge in [-0.25, -0.2) is 19.6 Å². The Morgan fingerprint density at radius 1 is 0.695 bits per heavy atom. The number of aromatic amines is 2. The smallest absolute Gasteiger partial charge is 0.409 e. The van der Waals surface area contributed by atoms with Gasteiger partial charge in [-0.3, -0.25) is 14.5 Å². The first-order valence-electron chi connectivity index (χ1n) is 20.5. The number of rotatable bonds is 10. The first-order valence-corrected chi connectivity index (χ1v) is 20.5. The Balaban J connectivity index is 1.09. The summed E-state index contributed by atoms with van der Waals surface area (Å²) >= 11 is 0. The number of aromatic nitrogens is 4. The van der Waals surface area contributed by atoms with Crippen molar-refractivity contribution in [1.82, 2.24) is 40.0 Å². The van der Waals surface area contributed by atoms with E-state index in [4.69, 9.17) is 19.4 Å². The fraction of sp³-hybridized carbons (Fsp3) is 0.467. The maximum Gasteiger partial charge on any atom is 0.409 e. The molecule has 3 aromatic carbocycles. The van der Waals surface area contributed by atoms with Crippen LogP contribution in [0.3, 0.4) is 0 Å². The standard InChI is InChI=1S/C45H56N8O6/c1-24(2)38(50-44(56)58-8)42(54)52-22-26(5)18-36(52)40-46-32-16-14-30(20-34(32)48-40)28-10-12-29(13-11-28)31-15-17-33-35(21-31)49-41(47-33)37-19-27(6)23-53(37)43(55)39(25(3)4)51(7)45(57)59-9/h10-17,20-21,24-27,36-39H,18-19,22-23H2,1-9H3,(H,46,48)(H,47,49)(H,50,56)/t26-,27-,36-,37-,38-,39-/m0/s1. The summed E-state index contributed by atoms with van der Waals surface area (Å²) in [5, 5.41) is 2.72. The highest BCUT2D eigenvalue weighted by atomic mass is 16.5. The average Bonchev–Trinajstić information content (AvgIpc) is 4.02. The highest BCUT2D eigenvalue weighted by Gasteiger charge is 2.43. The van der Waals surface area contributed by atoms with Gasteiger partial charge < -0.3 is 34.6 Å². The highest BCUT2D eigenvalue weighted by Crippen LogP contribution is 2.38. The number of likely N-dealkylation sites (tertiary alicyclic amines) is 2. The quantitative estimate of drug-likeness (QED) is 0.129. The van der Waals surface area contributed by atoms with Gasteiger partial charge in [-0.15, -0.1) is 0 Å². The van der Waals surface area contributed by atoms with Crippen molar-refractivity contribution in [2.75, 3.05) is 34.4 Å². The van der Waals surface area contributed by atoms with Crippen LogP contribution in [0.4, 0.5) is 9.59 Å². The van der Waals surface area contributed by atoms with Crippen LogP contribution in [0.25, 0.3) is 44.3 Å². The van der Waals surface area contributed by atoms with Crippen LogP contribution in [0, 0.1) is 23.7 Å². The molecule has 7 rings (SSSR count). The molecular formula is C45H56N8O6. The number of fused-ring (bicyclic) bond motifs is 2. The summed E-state index contributed by atoms with van der Waals surface area (Å²) in [5.74, 6) is 1.55. The van der Waals surface area contributed by atoms with Gasteiger partial charge in [0.1, 0.15) is 23.7 Å². The molecule has 0 radical (unpaired) electrons. The molecule has 0 bridgehead atoms. The van der Waals surface area contributed by atoms with Crippen molar-refractivity contribution in [3.05, 3.63) is 72.3 Å². The maximum absolute atomic E-state index is 14.0. The van der Waals surface area contributed by atoms with E-state index in [0.29, 0.717) is 13.1 Å². The van der Waals surface area contributed by atoms with E-state index in [1.165, 1.54) is 19.1 Å². The Hall–Kier alpha value is -5.92. The number of H-pyrrole nitrogens is 2. The lowest BCUT2D eigenvalue weighted by Gasteiger charge is -2.34. The largest absolute Gasteiger partial charge is 0.453 e. The zero-order valence-electron chi connectivity index (χ0n) is 35.4. The number of alkyl carbamates (subject to hydrolysis) is 1. The molecule has 5 aromatic rings. The first-order chi connectivity index (χ1) is 28.2. The van der Waals surface area contributed by atoms with E-state index < -0.39 is 24.3 Å². The molecule has 312 valence electrons. The van der Waals surface area contributed by atoms with E-state index in [1.807, 2.05) is 49.6 Å². The molecule has 2 aliphatic heterocycles. The Kier molecular flexibility index (Phi) is 11.7. The van der Waals surface area contributed by atoms with Gasteiger partial charge in [-0.05, 0) is 83.0 Å². The minimum absolute atomic E-state index is 0.104. The lowest BCUT2D eigenvalue weighted by Crippen LogP contribution is -2.52. The summed E-state index contributed by atoms with van der Waals surface area (Å²) in [6.07, 6.45) is 0.370. The molecule has 14 nitrogen and oxygen atoms in total. The van der Waals surface area contributed by atoms with E-state index in [-0.39, 0.29) is 47.6 Å². The highest BCUT2D eigenvalue weighted by molar-refractivity contribution is 5.88. The number of likely N-dealkylation sites (N-methyl/N-ethyl adjacent to an activating group) is 1. The van der Waals surface area contributed by atoms with Crippen LogP contribution >= 0.6 is 0 Å². The van der Waals surface area contributed by atoms with Crippen molar-refractivity contribution < 1.29 is 28.7 Å². The van der Waals surface area contributed by atoms with Crippen molar-refractivity contribution >= 4 is 46.1 Å². The number of hydrogen-bond donors (Lipinski definition) is 3. The summed E-state index contributed by atoms with van der Waals surface area (Å²) in [6.45, 7) is 13.1. The number of nitrogens with one attached hydrogen (secondary N) is 3. The van der Waals surface area contributed by atoms with Crippen molar-refractivity contribution in [3.63, 3.8) is 0 Å². The average molecular weight is 805 g/mol. The molecule has 2 fully saturated rings. The molecule has 2 aliphatic rings. The zero-order valence-corrected chi connectivity index (χ0v) is 35.4. The molecule has 2 aromatic heterocycles. The topological polar surface area (TPSA) is 166 Å². The number of imidazole rings is 2. The Morgan fingerprint density at radius 2 is 1.15 bits per heavy atom. The van der Waals surface area contributed by atoms with Crippen LogP contribution < -0.4 is 5.32 Å². The van der Waals surface area contributed by atoms with E-state index in [1.54, 1.807) is 7.05 Å². The van der Waals surface area contributed by atoms with Crippen molar-refractivity contribution in [2.45, 2.75) is 78.6 Å². The van der Waals surface area contributed by atoms with Gasteiger partial charge in [0.25, 0.3) is 0 Å². The van der Waals surface area contributed by atoms with Gasteiger partial charge in [-0.2, -0.15) is 0 Å². The molecule has 0 saturated carbocycles. The van der Waals surface area contributed by atoms with Crippen LogP contribution in [0.5, 0.6) is 0 Å². The predicted molar refractivity (Wildman–Crippen MR) is 226 cm³/mol. The molecule has 4 heterocycles. The molecule has 0 spiro atoms. The zero-order chi connectivity index (χ0) is 42.3. The lowest BCUT2D eigenvalue weighted by molar-refractivity contribution is -0.139. The van der Waals surface area contributed by atoms with Crippen LogP contribution in [-0.2, 0) is 19.1 Å². The van der Waals surface area contributed by atoms with Gasteiger partial charge >= 0.3 is 12.2 Å². The van der Waals surface area contributed by atoms with Crippen LogP contribution in [0.1, 0.15) is 78.1 Å². The Bertz CT molecular complexity index is 2350. The minimum atomic E-state index is -0.705. The molecule has 0 aliphatic carbocycles. The second kappa shape index (κ2) is 16.7. The monoisotopic (exact) mass is 804 g/mol. The number of hydrogen-bond acceptors (Lipinski definition) is 8. The van der Waals surface area contributed by atoms with E-state index >= 15 is 0 Å². The van der Waals surface area contributed by atoms with Gasteiger partial charge in [0.05, 0.1) is 48.4 Å².